The molecule has 1 unspecified atom stereocenters. The molecule has 0 aliphatic carbocycles. The monoisotopic (exact) mass is 486 g/mol. The molecule has 1 atom stereocenters. The largest absolute Gasteiger partial charge is 0.354 e. The molecule has 164 valence electrons. The van der Waals surface area contributed by atoms with Crippen molar-refractivity contribution in [2.45, 2.75) is 25.8 Å². The molecule has 0 saturated heterocycles. The van der Waals surface area contributed by atoms with Gasteiger partial charge in [-0.3, -0.25) is 9.78 Å². The molecular weight excluding hydrogens is 467 g/mol. The predicted molar refractivity (Wildman–Crippen MR) is 130 cm³/mol. The van der Waals surface area contributed by atoms with Crippen LogP contribution in [0.3, 0.4) is 0 Å². The summed E-state index contributed by atoms with van der Waals surface area (Å²) in [6.07, 6.45) is 2.86. The lowest BCUT2D eigenvalue weighted by Gasteiger charge is -2.18. The number of aromatic nitrogens is 3. The molecule has 0 bridgehead atoms. The Morgan fingerprint density at radius 2 is 1.78 bits per heavy atom. The fourth-order valence-electron chi connectivity index (χ4n) is 3.63. The third-order valence-corrected chi connectivity index (χ3v) is 6.38. The van der Waals surface area contributed by atoms with Gasteiger partial charge in [-0.05, 0) is 42.8 Å². The highest BCUT2D eigenvalue weighted by Gasteiger charge is 2.23. The summed E-state index contributed by atoms with van der Waals surface area (Å²) in [5.41, 5.74) is 3.27. The maximum atomic E-state index is 13.0. The van der Waals surface area contributed by atoms with Crippen LogP contribution < -0.4 is 5.32 Å². The first-order chi connectivity index (χ1) is 15.4. The Morgan fingerprint density at radius 3 is 2.53 bits per heavy atom. The van der Waals surface area contributed by atoms with Crippen molar-refractivity contribution >= 4 is 51.7 Å². The number of nitrogens with one attached hydrogen (secondary N) is 1. The van der Waals surface area contributed by atoms with Crippen LogP contribution in [0.2, 0.25) is 15.1 Å². The van der Waals surface area contributed by atoms with Crippen LogP contribution in [0.1, 0.15) is 30.0 Å². The number of rotatable bonds is 7. The lowest BCUT2D eigenvalue weighted by molar-refractivity contribution is -0.123. The molecule has 32 heavy (non-hydrogen) atoms. The molecule has 0 saturated carbocycles. The zero-order valence-corrected chi connectivity index (χ0v) is 19.6. The third kappa shape index (κ3) is 4.90. The number of benzene rings is 2. The summed E-state index contributed by atoms with van der Waals surface area (Å²) in [7, 11) is 0. The van der Waals surface area contributed by atoms with Crippen molar-refractivity contribution in [3.63, 3.8) is 0 Å². The van der Waals surface area contributed by atoms with Gasteiger partial charge < -0.3 is 9.88 Å². The Balaban J connectivity index is 1.63. The minimum Gasteiger partial charge on any atom is -0.354 e. The first-order valence-corrected chi connectivity index (χ1v) is 11.3. The van der Waals surface area contributed by atoms with Crippen LogP contribution in [0.4, 0.5) is 0 Å². The van der Waals surface area contributed by atoms with Crippen LogP contribution in [-0.4, -0.2) is 27.0 Å². The topological polar surface area (TPSA) is 59.8 Å². The van der Waals surface area contributed by atoms with Gasteiger partial charge in [-0.1, -0.05) is 59.1 Å². The summed E-state index contributed by atoms with van der Waals surface area (Å²) in [5, 5.41) is 4.47. The van der Waals surface area contributed by atoms with E-state index >= 15 is 0 Å². The fraction of sp³-hybridized carbons (Fsp3) is 0.208. The van der Waals surface area contributed by atoms with E-state index in [4.69, 9.17) is 39.8 Å². The third-order valence-electron chi connectivity index (χ3n) is 5.28. The van der Waals surface area contributed by atoms with Crippen LogP contribution in [0.15, 0.2) is 60.8 Å². The van der Waals surface area contributed by atoms with Crippen molar-refractivity contribution in [2.24, 2.45) is 0 Å². The number of hydrogen-bond donors (Lipinski definition) is 1. The van der Waals surface area contributed by atoms with Crippen LogP contribution in [-0.2, 0) is 17.6 Å². The molecule has 5 nitrogen and oxygen atoms in total. The number of pyridine rings is 1. The van der Waals surface area contributed by atoms with Crippen molar-refractivity contribution in [1.82, 2.24) is 19.9 Å². The molecule has 0 aliphatic heterocycles. The normalized spacial score (nSPS) is 12.1. The Hall–Kier alpha value is -2.60. The van der Waals surface area contributed by atoms with E-state index in [0.29, 0.717) is 45.8 Å². The Morgan fingerprint density at radius 1 is 1.03 bits per heavy atom. The molecule has 8 heteroatoms. The van der Waals surface area contributed by atoms with Crippen molar-refractivity contribution in [2.75, 3.05) is 6.54 Å². The van der Waals surface area contributed by atoms with Crippen LogP contribution >= 0.6 is 34.8 Å². The number of carbonyl (C=O) groups is 1. The van der Waals surface area contributed by atoms with Gasteiger partial charge >= 0.3 is 0 Å². The number of nitrogens with zero attached hydrogens (tertiary/aromatic N) is 3. The zero-order chi connectivity index (χ0) is 22.7. The number of halogens is 3. The Bertz CT molecular complexity index is 1260. The lowest BCUT2D eigenvalue weighted by atomic mass is 10.1. The highest BCUT2D eigenvalue weighted by atomic mass is 35.5. The fourth-order valence-corrected chi connectivity index (χ4v) is 4.15. The lowest BCUT2D eigenvalue weighted by Crippen LogP contribution is -2.33. The van der Waals surface area contributed by atoms with E-state index in [9.17, 15) is 4.79 Å². The van der Waals surface area contributed by atoms with Gasteiger partial charge in [-0.2, -0.15) is 0 Å². The molecule has 2 heterocycles. The van der Waals surface area contributed by atoms with E-state index in [1.807, 2.05) is 54.0 Å². The molecule has 2 aromatic carbocycles. The summed E-state index contributed by atoms with van der Waals surface area (Å²) >= 11 is 18.9. The van der Waals surface area contributed by atoms with E-state index < -0.39 is 6.04 Å². The smallest absolute Gasteiger partial charge is 0.242 e. The van der Waals surface area contributed by atoms with Gasteiger partial charge in [0, 0.05) is 36.3 Å². The number of carbonyl (C=O) groups excluding carboxylic acids is 1. The van der Waals surface area contributed by atoms with Crippen molar-refractivity contribution < 1.29 is 4.79 Å². The number of imidazole rings is 1. The average Bonchev–Trinajstić information content (AvgIpc) is 3.12. The molecule has 1 amide bonds. The second-order valence-electron chi connectivity index (χ2n) is 7.46. The van der Waals surface area contributed by atoms with E-state index in [2.05, 4.69) is 10.3 Å². The molecule has 0 spiro atoms. The van der Waals surface area contributed by atoms with Crippen molar-refractivity contribution in [3.05, 3.63) is 92.9 Å². The highest BCUT2D eigenvalue weighted by Crippen LogP contribution is 2.31. The Labute approximate surface area is 201 Å². The van der Waals surface area contributed by atoms with Crippen molar-refractivity contribution in [1.29, 1.82) is 0 Å². The molecule has 0 aliphatic rings. The summed E-state index contributed by atoms with van der Waals surface area (Å²) in [5.74, 6) is 0.588. The SMILES string of the molecule is CC(C(=O)NCCc1ccccn1)n1c(Cc2ccccc2Cl)nc2cc(Cl)c(Cl)cc21. The van der Waals surface area contributed by atoms with Crippen LogP contribution in [0.5, 0.6) is 0 Å². The number of amides is 1. The van der Waals surface area contributed by atoms with E-state index in [0.717, 1.165) is 16.8 Å². The molecule has 4 rings (SSSR count). The summed E-state index contributed by atoms with van der Waals surface area (Å²) in [4.78, 5) is 22.1. The number of fused-ring (bicyclic) bond motifs is 1. The molecule has 0 fully saturated rings. The predicted octanol–water partition coefficient (Wildman–Crippen LogP) is 5.90. The maximum Gasteiger partial charge on any atom is 0.242 e. The van der Waals surface area contributed by atoms with Gasteiger partial charge in [0.2, 0.25) is 5.91 Å². The average molecular weight is 488 g/mol. The summed E-state index contributed by atoms with van der Waals surface area (Å²) in [6, 6.07) is 16.3. The molecule has 2 aromatic heterocycles. The van der Waals surface area contributed by atoms with E-state index in [-0.39, 0.29) is 5.91 Å². The second kappa shape index (κ2) is 9.90. The molecule has 0 radical (unpaired) electrons. The first kappa shape index (κ1) is 22.6. The highest BCUT2D eigenvalue weighted by molar-refractivity contribution is 6.42. The molecule has 1 N–H and O–H groups in total. The number of hydrogen-bond acceptors (Lipinski definition) is 3. The van der Waals surface area contributed by atoms with Crippen molar-refractivity contribution in [3.8, 4) is 0 Å². The second-order valence-corrected chi connectivity index (χ2v) is 8.68. The summed E-state index contributed by atoms with van der Waals surface area (Å²) < 4.78 is 1.90. The zero-order valence-electron chi connectivity index (χ0n) is 17.4. The van der Waals surface area contributed by atoms with Gasteiger partial charge in [-0.15, -0.1) is 0 Å². The maximum absolute atomic E-state index is 13.0. The van der Waals surface area contributed by atoms with Gasteiger partial charge in [0.1, 0.15) is 11.9 Å². The molecular formula is C24H21Cl3N4O. The van der Waals surface area contributed by atoms with Gasteiger partial charge in [0.05, 0.1) is 21.1 Å². The minimum absolute atomic E-state index is 0.119. The first-order valence-electron chi connectivity index (χ1n) is 10.2. The van der Waals surface area contributed by atoms with Gasteiger partial charge in [0.15, 0.2) is 0 Å². The minimum atomic E-state index is -0.515. The quantitative estimate of drug-likeness (QED) is 0.353. The van der Waals surface area contributed by atoms with E-state index in [1.165, 1.54) is 0 Å². The molecule has 4 aromatic rings. The van der Waals surface area contributed by atoms with Crippen LogP contribution in [0.25, 0.3) is 11.0 Å². The van der Waals surface area contributed by atoms with Crippen LogP contribution in [0, 0.1) is 0 Å². The van der Waals surface area contributed by atoms with Gasteiger partial charge in [0.25, 0.3) is 0 Å². The Kier molecular flexibility index (Phi) is 6.99. The summed E-state index contributed by atoms with van der Waals surface area (Å²) in [6.45, 7) is 2.33. The van der Waals surface area contributed by atoms with E-state index in [1.54, 1.807) is 18.3 Å². The van der Waals surface area contributed by atoms with Gasteiger partial charge in [-0.25, -0.2) is 4.98 Å². The standard InChI is InChI=1S/C24H21Cl3N4O/c1-15(24(32)29-11-9-17-7-4-5-10-28-17)31-22-14-20(27)19(26)13-21(22)30-23(31)12-16-6-2-3-8-18(16)25/h2-8,10,13-15H,9,11-12H2,1H3,(H,29,32).